The molecule has 2 N–H and O–H groups in total. The van der Waals surface area contributed by atoms with E-state index in [-0.39, 0.29) is 11.1 Å². The van der Waals surface area contributed by atoms with Gasteiger partial charge in [0, 0.05) is 33.9 Å². The molecule has 2 aromatic carbocycles. The first-order valence-electron chi connectivity index (χ1n) is 7.79. The molecule has 2 heterocycles. The van der Waals surface area contributed by atoms with E-state index in [1.54, 1.807) is 12.1 Å². The Morgan fingerprint density at radius 3 is 1.46 bits per heavy atom. The quantitative estimate of drug-likeness (QED) is 0.563. The number of aromatic nitrogens is 2. The maximum atomic E-state index is 11.6. The monoisotopic (exact) mass is 316 g/mol. The van der Waals surface area contributed by atoms with E-state index in [1.807, 2.05) is 38.1 Å². The Morgan fingerprint density at radius 2 is 1.04 bits per heavy atom. The minimum Gasteiger partial charge on any atom is -0.322 e. The van der Waals surface area contributed by atoms with Gasteiger partial charge >= 0.3 is 0 Å². The third-order valence-corrected chi connectivity index (χ3v) is 4.43. The van der Waals surface area contributed by atoms with Crippen molar-refractivity contribution in [3.63, 3.8) is 0 Å². The van der Waals surface area contributed by atoms with E-state index in [0.717, 1.165) is 44.1 Å². The minimum atomic E-state index is -0.0852. The third kappa shape index (κ3) is 2.33. The number of rotatable bonds is 1. The molecule has 0 saturated heterocycles. The van der Waals surface area contributed by atoms with Gasteiger partial charge < -0.3 is 9.97 Å². The average Bonchev–Trinajstić information content (AvgIpc) is 2.54. The van der Waals surface area contributed by atoms with Gasteiger partial charge in [-0.25, -0.2) is 0 Å². The Labute approximate surface area is 137 Å². The highest BCUT2D eigenvalue weighted by atomic mass is 16.1. The Balaban J connectivity index is 1.95. The van der Waals surface area contributed by atoms with Crippen LogP contribution in [0.1, 0.15) is 11.1 Å². The van der Waals surface area contributed by atoms with Crippen LogP contribution in [0.2, 0.25) is 0 Å². The van der Waals surface area contributed by atoms with Gasteiger partial charge in [-0.05, 0) is 60.4 Å². The zero-order valence-electron chi connectivity index (χ0n) is 13.4. The predicted octanol–water partition coefficient (Wildman–Crippen LogP) is 3.65. The zero-order valence-corrected chi connectivity index (χ0v) is 13.4. The number of pyridine rings is 2. The van der Waals surface area contributed by atoms with Crippen molar-refractivity contribution in [3.8, 4) is 11.1 Å². The topological polar surface area (TPSA) is 65.7 Å². The first kappa shape index (κ1) is 14.5. The van der Waals surface area contributed by atoms with Crippen LogP contribution in [-0.4, -0.2) is 9.97 Å². The summed E-state index contributed by atoms with van der Waals surface area (Å²) < 4.78 is 0. The Bertz CT molecular complexity index is 1120. The number of hydrogen-bond donors (Lipinski definition) is 2. The van der Waals surface area contributed by atoms with Gasteiger partial charge in [0.15, 0.2) is 0 Å². The molecule has 0 fully saturated rings. The van der Waals surface area contributed by atoms with Crippen LogP contribution >= 0.6 is 0 Å². The van der Waals surface area contributed by atoms with Crippen LogP contribution in [0, 0.1) is 13.8 Å². The highest BCUT2D eigenvalue weighted by Gasteiger charge is 2.06. The highest BCUT2D eigenvalue weighted by Crippen LogP contribution is 2.27. The lowest BCUT2D eigenvalue weighted by Crippen LogP contribution is -2.05. The molecule has 0 radical (unpaired) electrons. The molecule has 0 aliphatic carbocycles. The van der Waals surface area contributed by atoms with E-state index in [9.17, 15) is 9.59 Å². The molecular weight excluding hydrogens is 300 g/mol. The van der Waals surface area contributed by atoms with E-state index < -0.39 is 0 Å². The summed E-state index contributed by atoms with van der Waals surface area (Å²) in [5.41, 5.74) is 5.57. The van der Waals surface area contributed by atoms with E-state index in [1.165, 1.54) is 0 Å². The lowest BCUT2D eigenvalue weighted by Gasteiger charge is -2.08. The van der Waals surface area contributed by atoms with Crippen molar-refractivity contribution in [3.05, 3.63) is 80.4 Å². The van der Waals surface area contributed by atoms with E-state index in [0.29, 0.717) is 0 Å². The second-order valence-electron chi connectivity index (χ2n) is 6.15. The van der Waals surface area contributed by atoms with Gasteiger partial charge in [-0.3, -0.25) is 9.59 Å². The van der Waals surface area contributed by atoms with Crippen LogP contribution < -0.4 is 11.1 Å². The van der Waals surface area contributed by atoms with Crippen LogP contribution in [0.25, 0.3) is 32.9 Å². The van der Waals surface area contributed by atoms with Gasteiger partial charge in [-0.2, -0.15) is 0 Å². The smallest absolute Gasteiger partial charge is 0.248 e. The summed E-state index contributed by atoms with van der Waals surface area (Å²) in [7, 11) is 0. The van der Waals surface area contributed by atoms with Gasteiger partial charge in [-0.1, -0.05) is 12.1 Å². The van der Waals surface area contributed by atoms with E-state index in [4.69, 9.17) is 0 Å². The standard InChI is InChI=1S/C20H16N2O2/c1-11-7-19(23)21-17-5-3-13(9-15(11)17)14-4-6-18-16(10-14)12(2)8-20(24)22-18/h3-10H,1-2H3,(H,21,23)(H,22,24). The fourth-order valence-electron chi connectivity index (χ4n) is 3.20. The fourth-order valence-corrected chi connectivity index (χ4v) is 3.20. The summed E-state index contributed by atoms with van der Waals surface area (Å²) in [4.78, 5) is 28.9. The molecule has 0 bridgehead atoms. The molecule has 4 aromatic rings. The first-order valence-corrected chi connectivity index (χ1v) is 7.79. The molecule has 0 aliphatic heterocycles. The number of benzene rings is 2. The summed E-state index contributed by atoms with van der Waals surface area (Å²) in [6.45, 7) is 3.88. The molecule has 4 rings (SSSR count). The molecule has 118 valence electrons. The molecule has 0 amide bonds. The van der Waals surface area contributed by atoms with Crippen molar-refractivity contribution in [2.75, 3.05) is 0 Å². The summed E-state index contributed by atoms with van der Waals surface area (Å²) >= 11 is 0. The van der Waals surface area contributed by atoms with Gasteiger partial charge in [0.2, 0.25) is 11.1 Å². The number of hydrogen-bond acceptors (Lipinski definition) is 2. The Morgan fingerprint density at radius 1 is 0.625 bits per heavy atom. The van der Waals surface area contributed by atoms with Crippen LogP contribution in [-0.2, 0) is 0 Å². The van der Waals surface area contributed by atoms with Crippen molar-refractivity contribution in [1.82, 2.24) is 9.97 Å². The summed E-state index contributed by atoms with van der Waals surface area (Å²) in [6.07, 6.45) is 0. The first-order chi connectivity index (χ1) is 11.5. The predicted molar refractivity (Wildman–Crippen MR) is 97.6 cm³/mol. The second kappa shape index (κ2) is 5.20. The minimum absolute atomic E-state index is 0.0852. The second-order valence-corrected chi connectivity index (χ2v) is 6.15. The summed E-state index contributed by atoms with van der Waals surface area (Å²) in [5.74, 6) is 0. The number of fused-ring (bicyclic) bond motifs is 2. The maximum Gasteiger partial charge on any atom is 0.248 e. The number of aromatic amines is 2. The molecule has 0 unspecified atom stereocenters. The van der Waals surface area contributed by atoms with Crippen LogP contribution in [0.4, 0.5) is 0 Å². The largest absolute Gasteiger partial charge is 0.322 e. The number of nitrogens with one attached hydrogen (secondary N) is 2. The zero-order chi connectivity index (χ0) is 16.8. The SMILES string of the molecule is Cc1cc(=O)[nH]c2ccc(-c3ccc4[nH]c(=O)cc(C)c4c3)cc12. The van der Waals surface area contributed by atoms with Gasteiger partial charge in [-0.15, -0.1) is 0 Å². The molecular formula is C20H16N2O2. The molecule has 0 saturated carbocycles. The summed E-state index contributed by atoms with van der Waals surface area (Å²) in [5, 5.41) is 2.07. The van der Waals surface area contributed by atoms with Crippen molar-refractivity contribution in [2.24, 2.45) is 0 Å². The van der Waals surface area contributed by atoms with Crippen molar-refractivity contribution >= 4 is 21.8 Å². The third-order valence-electron chi connectivity index (χ3n) is 4.43. The highest BCUT2D eigenvalue weighted by molar-refractivity contribution is 5.90. The lowest BCUT2D eigenvalue weighted by atomic mass is 9.99. The molecule has 0 spiro atoms. The van der Waals surface area contributed by atoms with Crippen LogP contribution in [0.15, 0.2) is 58.1 Å². The van der Waals surface area contributed by atoms with E-state index in [2.05, 4.69) is 22.1 Å². The average molecular weight is 316 g/mol. The van der Waals surface area contributed by atoms with Crippen molar-refractivity contribution in [1.29, 1.82) is 0 Å². The van der Waals surface area contributed by atoms with Crippen molar-refractivity contribution < 1.29 is 0 Å². The molecule has 0 atom stereocenters. The summed E-state index contributed by atoms with van der Waals surface area (Å²) in [6, 6.07) is 15.3. The molecule has 4 heteroatoms. The number of H-pyrrole nitrogens is 2. The normalized spacial score (nSPS) is 11.2. The molecule has 2 aromatic heterocycles. The fraction of sp³-hybridized carbons (Fsp3) is 0.100. The Hall–Kier alpha value is -3.14. The number of aryl methyl sites for hydroxylation is 2. The molecule has 4 nitrogen and oxygen atoms in total. The molecule has 0 aliphatic rings. The lowest BCUT2D eigenvalue weighted by molar-refractivity contribution is 1.27. The van der Waals surface area contributed by atoms with Crippen LogP contribution in [0.3, 0.4) is 0 Å². The van der Waals surface area contributed by atoms with Gasteiger partial charge in [0.25, 0.3) is 0 Å². The van der Waals surface area contributed by atoms with Crippen LogP contribution in [0.5, 0.6) is 0 Å². The van der Waals surface area contributed by atoms with E-state index >= 15 is 0 Å². The van der Waals surface area contributed by atoms with Gasteiger partial charge in [0.1, 0.15) is 0 Å². The molecule has 24 heavy (non-hydrogen) atoms. The van der Waals surface area contributed by atoms with Gasteiger partial charge in [0.05, 0.1) is 0 Å². The van der Waals surface area contributed by atoms with Crippen molar-refractivity contribution in [2.45, 2.75) is 13.8 Å². The maximum absolute atomic E-state index is 11.6. The Kier molecular flexibility index (Phi) is 3.13.